The molecular formula is C20H21BrN2O4. The summed E-state index contributed by atoms with van der Waals surface area (Å²) in [6, 6.07) is 6.88. The smallest absolute Gasteiger partial charge is 0.313 e. The Hall–Kier alpha value is -2.54. The molecule has 0 fully saturated rings. The molecule has 0 saturated carbocycles. The molecule has 1 aromatic carbocycles. The number of benzene rings is 1. The number of ether oxygens (including phenoxy) is 2. The fourth-order valence-corrected chi connectivity index (χ4v) is 2.34. The summed E-state index contributed by atoms with van der Waals surface area (Å²) in [6.07, 6.45) is 4.79. The normalized spacial score (nSPS) is 11.2. The van der Waals surface area contributed by atoms with Crippen LogP contribution in [0.15, 0.2) is 46.1 Å². The summed E-state index contributed by atoms with van der Waals surface area (Å²) in [5.41, 5.74) is 1.13. The van der Waals surface area contributed by atoms with Gasteiger partial charge in [-0.3, -0.25) is 19.6 Å². The summed E-state index contributed by atoms with van der Waals surface area (Å²) in [4.78, 5) is 32.6. The molecular weight excluding hydrogens is 412 g/mol. The summed E-state index contributed by atoms with van der Waals surface area (Å²) >= 11 is 3.39. The first-order valence-electron chi connectivity index (χ1n) is 8.49. The predicted molar refractivity (Wildman–Crippen MR) is 107 cm³/mol. The molecule has 27 heavy (non-hydrogen) atoms. The fourth-order valence-electron chi connectivity index (χ4n) is 1.89. The van der Waals surface area contributed by atoms with Gasteiger partial charge >= 0.3 is 11.9 Å². The first-order chi connectivity index (χ1) is 12.8. The van der Waals surface area contributed by atoms with Gasteiger partial charge in [0.15, 0.2) is 11.5 Å². The van der Waals surface area contributed by atoms with E-state index in [1.165, 1.54) is 6.21 Å². The van der Waals surface area contributed by atoms with Crippen LogP contribution in [-0.2, 0) is 9.59 Å². The Kier molecular flexibility index (Phi) is 7.24. The minimum absolute atomic E-state index is 0.151. The maximum absolute atomic E-state index is 12.2. The molecule has 2 aromatic rings. The van der Waals surface area contributed by atoms with E-state index in [0.29, 0.717) is 15.7 Å². The van der Waals surface area contributed by atoms with E-state index < -0.39 is 11.9 Å². The predicted octanol–water partition coefficient (Wildman–Crippen LogP) is 4.72. The molecule has 0 radical (unpaired) electrons. The number of carbonyl (C=O) groups excluding carboxylic acids is 2. The third-order valence-corrected chi connectivity index (χ3v) is 3.86. The van der Waals surface area contributed by atoms with Crippen LogP contribution >= 0.6 is 15.9 Å². The molecule has 0 aliphatic rings. The van der Waals surface area contributed by atoms with Crippen molar-refractivity contribution in [3.05, 3.63) is 46.7 Å². The van der Waals surface area contributed by atoms with Gasteiger partial charge in [-0.2, -0.15) is 0 Å². The number of carbonyl (C=O) groups is 2. The summed E-state index contributed by atoms with van der Waals surface area (Å²) in [6.45, 7) is 6.91. The van der Waals surface area contributed by atoms with Crippen LogP contribution in [0.4, 0.5) is 5.69 Å². The zero-order chi connectivity index (χ0) is 20.0. The molecule has 7 heteroatoms. The van der Waals surface area contributed by atoms with Crippen LogP contribution in [0.3, 0.4) is 0 Å². The zero-order valence-corrected chi connectivity index (χ0v) is 17.2. The minimum atomic E-state index is -0.435. The van der Waals surface area contributed by atoms with Crippen molar-refractivity contribution < 1.29 is 19.1 Å². The number of aromatic nitrogens is 1. The van der Waals surface area contributed by atoms with E-state index in [2.05, 4.69) is 25.9 Å². The summed E-state index contributed by atoms with van der Waals surface area (Å²) in [5.74, 6) is -1.22. The second-order valence-electron chi connectivity index (χ2n) is 6.44. The van der Waals surface area contributed by atoms with Crippen LogP contribution in [0.1, 0.15) is 33.3 Å². The lowest BCUT2D eigenvalue weighted by Crippen LogP contribution is -2.19. The number of nitrogens with zero attached hydrogens (tertiary/aromatic N) is 2. The maximum Gasteiger partial charge on any atom is 0.313 e. The van der Waals surface area contributed by atoms with Crippen LogP contribution in [0.25, 0.3) is 0 Å². The molecule has 142 valence electrons. The lowest BCUT2D eigenvalue weighted by atomic mass is 10.1. The highest BCUT2D eigenvalue weighted by Gasteiger charge is 2.21. The maximum atomic E-state index is 12.2. The lowest BCUT2D eigenvalue weighted by molar-refractivity contribution is -0.140. The monoisotopic (exact) mass is 432 g/mol. The van der Waals surface area contributed by atoms with Gasteiger partial charge in [0.25, 0.3) is 0 Å². The van der Waals surface area contributed by atoms with E-state index >= 15 is 0 Å². The molecule has 0 N–H and O–H groups in total. The molecule has 6 nitrogen and oxygen atoms in total. The quantitative estimate of drug-likeness (QED) is 0.374. The van der Waals surface area contributed by atoms with Gasteiger partial charge in [-0.15, -0.1) is 0 Å². The van der Waals surface area contributed by atoms with Crippen LogP contribution < -0.4 is 9.47 Å². The van der Waals surface area contributed by atoms with Gasteiger partial charge in [0.1, 0.15) is 0 Å². The van der Waals surface area contributed by atoms with Crippen molar-refractivity contribution in [1.29, 1.82) is 0 Å². The van der Waals surface area contributed by atoms with Crippen LogP contribution in [0.2, 0.25) is 0 Å². The summed E-state index contributed by atoms with van der Waals surface area (Å²) in [5, 5.41) is 0. The molecule has 1 heterocycles. The molecule has 2 rings (SSSR count). The average Bonchev–Trinajstić information content (AvgIpc) is 2.62. The van der Waals surface area contributed by atoms with Gasteiger partial charge in [0.2, 0.25) is 0 Å². The lowest BCUT2D eigenvalue weighted by Gasteiger charge is -2.15. The molecule has 0 spiro atoms. The minimum Gasteiger partial charge on any atom is -0.422 e. The Labute approximate surface area is 166 Å². The standard InChI is InChI=1S/C20H21BrN2O4/c1-12(2)19(24)26-17-9-15(21)8-14(18(17)27-20(25)13(3)4)10-23-16-6-5-7-22-11-16/h5-13H,1-4H3. The fraction of sp³-hybridized carbons (Fsp3) is 0.300. The highest BCUT2D eigenvalue weighted by Crippen LogP contribution is 2.35. The molecule has 0 aliphatic carbocycles. The van der Waals surface area contributed by atoms with E-state index in [1.54, 1.807) is 64.4 Å². The van der Waals surface area contributed by atoms with Gasteiger partial charge in [-0.25, -0.2) is 0 Å². The number of halogens is 1. The average molecular weight is 433 g/mol. The van der Waals surface area contributed by atoms with Gasteiger partial charge in [0, 0.05) is 22.4 Å². The van der Waals surface area contributed by atoms with E-state index in [0.717, 1.165) is 0 Å². The Balaban J connectivity index is 2.49. The number of hydrogen-bond acceptors (Lipinski definition) is 6. The van der Waals surface area contributed by atoms with Crippen molar-refractivity contribution in [2.24, 2.45) is 16.8 Å². The van der Waals surface area contributed by atoms with Crippen molar-refractivity contribution in [1.82, 2.24) is 4.98 Å². The molecule has 0 saturated heterocycles. The summed E-state index contributed by atoms with van der Waals surface area (Å²) in [7, 11) is 0. The molecule has 0 unspecified atom stereocenters. The zero-order valence-electron chi connectivity index (χ0n) is 15.6. The van der Waals surface area contributed by atoms with Crippen molar-refractivity contribution in [3.8, 4) is 11.5 Å². The van der Waals surface area contributed by atoms with Crippen molar-refractivity contribution in [2.45, 2.75) is 27.7 Å². The topological polar surface area (TPSA) is 77.8 Å². The van der Waals surface area contributed by atoms with Crippen LogP contribution in [0.5, 0.6) is 11.5 Å². The van der Waals surface area contributed by atoms with E-state index in [9.17, 15) is 9.59 Å². The second kappa shape index (κ2) is 9.41. The number of esters is 2. The van der Waals surface area contributed by atoms with Crippen LogP contribution in [0, 0.1) is 11.8 Å². The number of pyridine rings is 1. The first-order valence-corrected chi connectivity index (χ1v) is 9.28. The number of aliphatic imine (C=N–C) groups is 1. The Morgan fingerprint density at radius 2 is 1.78 bits per heavy atom. The number of hydrogen-bond donors (Lipinski definition) is 0. The van der Waals surface area contributed by atoms with Gasteiger partial charge in [-0.05, 0) is 24.3 Å². The summed E-state index contributed by atoms with van der Waals surface area (Å²) < 4.78 is 11.6. The van der Waals surface area contributed by atoms with Gasteiger partial charge in [-0.1, -0.05) is 43.6 Å². The molecule has 0 aliphatic heterocycles. The first kappa shape index (κ1) is 20.8. The van der Waals surface area contributed by atoms with Crippen molar-refractivity contribution >= 4 is 39.8 Å². The molecule has 0 amide bonds. The van der Waals surface area contributed by atoms with Crippen molar-refractivity contribution in [3.63, 3.8) is 0 Å². The largest absolute Gasteiger partial charge is 0.422 e. The highest BCUT2D eigenvalue weighted by atomic mass is 79.9. The van der Waals surface area contributed by atoms with Crippen molar-refractivity contribution in [2.75, 3.05) is 0 Å². The Morgan fingerprint density at radius 1 is 1.11 bits per heavy atom. The Morgan fingerprint density at radius 3 is 2.37 bits per heavy atom. The second-order valence-corrected chi connectivity index (χ2v) is 7.36. The number of rotatable bonds is 6. The molecule has 0 atom stereocenters. The van der Waals surface area contributed by atoms with Crippen LogP contribution in [-0.4, -0.2) is 23.1 Å². The SMILES string of the molecule is CC(C)C(=O)Oc1cc(Br)cc(C=Nc2cccnc2)c1OC(=O)C(C)C. The third kappa shape index (κ3) is 5.99. The van der Waals surface area contributed by atoms with E-state index in [-0.39, 0.29) is 23.3 Å². The van der Waals surface area contributed by atoms with E-state index in [1.807, 2.05) is 0 Å². The Bertz CT molecular complexity index is 849. The third-order valence-electron chi connectivity index (χ3n) is 3.40. The highest BCUT2D eigenvalue weighted by molar-refractivity contribution is 9.10. The molecule has 1 aromatic heterocycles. The molecule has 0 bridgehead atoms. The van der Waals surface area contributed by atoms with Gasteiger partial charge in [0.05, 0.1) is 23.7 Å². The van der Waals surface area contributed by atoms with Gasteiger partial charge < -0.3 is 9.47 Å². The van der Waals surface area contributed by atoms with E-state index in [4.69, 9.17) is 9.47 Å².